The zero-order valence-corrected chi connectivity index (χ0v) is 10.2. The number of ether oxygens (including phenoxy) is 1. The summed E-state index contributed by atoms with van der Waals surface area (Å²) in [4.78, 5) is 0. The SMILES string of the molecule is CCCC1CC1NCc1ccc(OC)cc1. The Kier molecular flexibility index (Phi) is 3.83. The first-order valence-electron chi connectivity index (χ1n) is 6.19. The summed E-state index contributed by atoms with van der Waals surface area (Å²) in [6.45, 7) is 3.24. The largest absolute Gasteiger partial charge is 0.497 e. The normalized spacial score (nSPS) is 23.1. The average Bonchev–Trinajstić information content (AvgIpc) is 3.06. The van der Waals surface area contributed by atoms with Crippen LogP contribution in [0.1, 0.15) is 31.7 Å². The van der Waals surface area contributed by atoms with Gasteiger partial charge in [0.05, 0.1) is 7.11 Å². The molecule has 0 aromatic heterocycles. The lowest BCUT2D eigenvalue weighted by atomic mass is 10.2. The van der Waals surface area contributed by atoms with Crippen molar-refractivity contribution in [2.75, 3.05) is 7.11 Å². The van der Waals surface area contributed by atoms with E-state index in [2.05, 4.69) is 24.4 Å². The van der Waals surface area contributed by atoms with Gasteiger partial charge >= 0.3 is 0 Å². The van der Waals surface area contributed by atoms with Crippen LogP contribution in [0.5, 0.6) is 5.75 Å². The highest BCUT2D eigenvalue weighted by molar-refractivity contribution is 5.27. The molecule has 2 unspecified atom stereocenters. The first-order chi connectivity index (χ1) is 7.83. The van der Waals surface area contributed by atoms with Crippen LogP contribution < -0.4 is 10.1 Å². The van der Waals surface area contributed by atoms with Crippen molar-refractivity contribution in [2.24, 2.45) is 5.92 Å². The van der Waals surface area contributed by atoms with E-state index in [-0.39, 0.29) is 0 Å². The van der Waals surface area contributed by atoms with Gasteiger partial charge < -0.3 is 10.1 Å². The van der Waals surface area contributed by atoms with Crippen molar-refractivity contribution in [3.8, 4) is 5.75 Å². The zero-order valence-electron chi connectivity index (χ0n) is 10.2. The smallest absolute Gasteiger partial charge is 0.118 e. The van der Waals surface area contributed by atoms with E-state index >= 15 is 0 Å². The fourth-order valence-corrected chi connectivity index (χ4v) is 2.18. The van der Waals surface area contributed by atoms with Crippen molar-refractivity contribution in [3.63, 3.8) is 0 Å². The maximum absolute atomic E-state index is 5.14. The minimum Gasteiger partial charge on any atom is -0.497 e. The monoisotopic (exact) mass is 219 g/mol. The average molecular weight is 219 g/mol. The Bertz CT molecular complexity index is 320. The van der Waals surface area contributed by atoms with Gasteiger partial charge in [-0.2, -0.15) is 0 Å². The number of hydrogen-bond donors (Lipinski definition) is 1. The fourth-order valence-electron chi connectivity index (χ4n) is 2.18. The quantitative estimate of drug-likeness (QED) is 0.794. The predicted molar refractivity (Wildman–Crippen MR) is 66.6 cm³/mol. The lowest BCUT2D eigenvalue weighted by molar-refractivity contribution is 0.414. The Hall–Kier alpha value is -1.02. The lowest BCUT2D eigenvalue weighted by Crippen LogP contribution is -2.17. The van der Waals surface area contributed by atoms with Crippen LogP contribution in [0.25, 0.3) is 0 Å². The van der Waals surface area contributed by atoms with Crippen molar-refractivity contribution >= 4 is 0 Å². The molecule has 1 aromatic carbocycles. The molecule has 0 heterocycles. The predicted octanol–water partition coefficient (Wildman–Crippen LogP) is 2.97. The third-order valence-electron chi connectivity index (χ3n) is 3.31. The molecule has 0 radical (unpaired) electrons. The van der Waals surface area contributed by atoms with E-state index < -0.39 is 0 Å². The summed E-state index contributed by atoms with van der Waals surface area (Å²) >= 11 is 0. The van der Waals surface area contributed by atoms with E-state index in [0.717, 1.165) is 24.3 Å². The van der Waals surface area contributed by atoms with Gasteiger partial charge in [-0.15, -0.1) is 0 Å². The van der Waals surface area contributed by atoms with Gasteiger partial charge in [-0.25, -0.2) is 0 Å². The molecule has 1 aliphatic rings. The van der Waals surface area contributed by atoms with E-state index in [1.165, 1.54) is 24.8 Å². The first kappa shape index (κ1) is 11.5. The summed E-state index contributed by atoms with van der Waals surface area (Å²) in [6, 6.07) is 9.06. The van der Waals surface area contributed by atoms with Crippen LogP contribution >= 0.6 is 0 Å². The number of benzene rings is 1. The summed E-state index contributed by atoms with van der Waals surface area (Å²) in [7, 11) is 1.70. The minimum absolute atomic E-state index is 0.766. The summed E-state index contributed by atoms with van der Waals surface area (Å²) in [5.74, 6) is 1.86. The van der Waals surface area contributed by atoms with Crippen molar-refractivity contribution in [2.45, 2.75) is 38.8 Å². The first-order valence-corrected chi connectivity index (χ1v) is 6.19. The summed E-state index contributed by atoms with van der Waals surface area (Å²) in [6.07, 6.45) is 4.05. The second-order valence-corrected chi connectivity index (χ2v) is 4.62. The molecule has 2 nitrogen and oxygen atoms in total. The maximum Gasteiger partial charge on any atom is 0.118 e. The van der Waals surface area contributed by atoms with Gasteiger partial charge in [-0.3, -0.25) is 0 Å². The Labute approximate surface area is 98.0 Å². The fraction of sp³-hybridized carbons (Fsp3) is 0.571. The van der Waals surface area contributed by atoms with Gasteiger partial charge in [0.15, 0.2) is 0 Å². The van der Waals surface area contributed by atoms with E-state index in [0.29, 0.717) is 0 Å². The van der Waals surface area contributed by atoms with E-state index in [1.807, 2.05) is 12.1 Å². The van der Waals surface area contributed by atoms with Crippen LogP contribution in [0.3, 0.4) is 0 Å². The molecule has 0 amide bonds. The van der Waals surface area contributed by atoms with Crippen molar-refractivity contribution in [1.29, 1.82) is 0 Å². The van der Waals surface area contributed by atoms with Crippen molar-refractivity contribution < 1.29 is 4.74 Å². The number of hydrogen-bond acceptors (Lipinski definition) is 2. The van der Waals surface area contributed by atoms with Crippen LogP contribution in [-0.2, 0) is 6.54 Å². The van der Waals surface area contributed by atoms with Crippen LogP contribution in [0, 0.1) is 5.92 Å². The summed E-state index contributed by atoms with van der Waals surface area (Å²) < 4.78 is 5.14. The molecule has 0 aliphatic heterocycles. The minimum atomic E-state index is 0.766. The highest BCUT2D eigenvalue weighted by Gasteiger charge is 2.35. The molecule has 0 spiro atoms. The van der Waals surface area contributed by atoms with Crippen molar-refractivity contribution in [1.82, 2.24) is 5.32 Å². The Balaban J connectivity index is 1.73. The molecule has 1 aliphatic carbocycles. The third-order valence-corrected chi connectivity index (χ3v) is 3.31. The molecule has 1 aromatic rings. The Morgan fingerprint density at radius 3 is 2.69 bits per heavy atom. The molecular weight excluding hydrogens is 198 g/mol. The Morgan fingerprint density at radius 1 is 1.31 bits per heavy atom. The van der Waals surface area contributed by atoms with E-state index in [4.69, 9.17) is 4.74 Å². The number of nitrogens with one attached hydrogen (secondary N) is 1. The number of methoxy groups -OCH3 is 1. The topological polar surface area (TPSA) is 21.3 Å². The molecule has 0 saturated heterocycles. The van der Waals surface area contributed by atoms with Gasteiger partial charge in [0.2, 0.25) is 0 Å². The van der Waals surface area contributed by atoms with Gasteiger partial charge in [-0.1, -0.05) is 25.5 Å². The van der Waals surface area contributed by atoms with Gasteiger partial charge in [0, 0.05) is 12.6 Å². The summed E-state index contributed by atoms with van der Waals surface area (Å²) in [5.41, 5.74) is 1.34. The third kappa shape index (κ3) is 2.99. The lowest BCUT2D eigenvalue weighted by Gasteiger charge is -2.05. The highest BCUT2D eigenvalue weighted by atomic mass is 16.5. The van der Waals surface area contributed by atoms with Gasteiger partial charge in [0.1, 0.15) is 5.75 Å². The standard InChI is InChI=1S/C14H21NO/c1-3-4-12-9-14(12)15-10-11-5-7-13(16-2)8-6-11/h5-8,12,14-15H,3-4,9-10H2,1-2H3. The Morgan fingerprint density at radius 2 is 2.06 bits per heavy atom. The van der Waals surface area contributed by atoms with Crippen molar-refractivity contribution in [3.05, 3.63) is 29.8 Å². The molecule has 2 rings (SSSR count). The zero-order chi connectivity index (χ0) is 11.4. The van der Waals surface area contributed by atoms with Gasteiger partial charge in [-0.05, 0) is 36.5 Å². The highest BCUT2D eigenvalue weighted by Crippen LogP contribution is 2.34. The van der Waals surface area contributed by atoms with Crippen LogP contribution in [0.2, 0.25) is 0 Å². The molecular formula is C14H21NO. The van der Waals surface area contributed by atoms with Crippen LogP contribution in [0.15, 0.2) is 24.3 Å². The second-order valence-electron chi connectivity index (χ2n) is 4.62. The van der Waals surface area contributed by atoms with E-state index in [9.17, 15) is 0 Å². The molecule has 88 valence electrons. The van der Waals surface area contributed by atoms with Crippen LogP contribution in [0.4, 0.5) is 0 Å². The van der Waals surface area contributed by atoms with Crippen LogP contribution in [-0.4, -0.2) is 13.2 Å². The second kappa shape index (κ2) is 5.35. The molecule has 1 saturated carbocycles. The van der Waals surface area contributed by atoms with Gasteiger partial charge in [0.25, 0.3) is 0 Å². The maximum atomic E-state index is 5.14. The molecule has 2 heteroatoms. The molecule has 0 bridgehead atoms. The molecule has 2 atom stereocenters. The molecule has 16 heavy (non-hydrogen) atoms. The summed E-state index contributed by atoms with van der Waals surface area (Å²) in [5, 5.41) is 3.60. The number of rotatable bonds is 6. The van der Waals surface area contributed by atoms with E-state index in [1.54, 1.807) is 7.11 Å². The molecule has 1 N–H and O–H groups in total. The molecule has 1 fully saturated rings.